The van der Waals surface area contributed by atoms with Crippen LogP contribution in [0, 0.1) is 6.92 Å². The van der Waals surface area contributed by atoms with Crippen molar-refractivity contribution in [3.05, 3.63) is 39.8 Å². The molecular weight excluding hydrogens is 250 g/mol. The van der Waals surface area contributed by atoms with Gasteiger partial charge in [0.2, 0.25) is 0 Å². The van der Waals surface area contributed by atoms with Crippen LogP contribution in [0.15, 0.2) is 23.6 Å². The monoisotopic (exact) mass is 265 g/mol. The van der Waals surface area contributed by atoms with Crippen molar-refractivity contribution >= 4 is 11.3 Å². The Bertz CT molecular complexity index is 539. The van der Waals surface area contributed by atoms with Crippen LogP contribution in [0.5, 0.6) is 11.5 Å². The molecule has 2 rings (SSSR count). The summed E-state index contributed by atoms with van der Waals surface area (Å²) in [5, 5.41) is 12.9. The van der Waals surface area contributed by atoms with Gasteiger partial charge in [-0.3, -0.25) is 0 Å². The molecule has 96 valence electrons. The van der Waals surface area contributed by atoms with E-state index in [0.717, 1.165) is 5.69 Å². The zero-order valence-corrected chi connectivity index (χ0v) is 11.3. The van der Waals surface area contributed by atoms with Crippen molar-refractivity contribution in [3.63, 3.8) is 0 Å². The number of rotatable bonds is 4. The maximum atomic E-state index is 10.3. The zero-order valence-electron chi connectivity index (χ0n) is 10.5. The molecule has 0 aliphatic heterocycles. The Labute approximate surface area is 110 Å². The number of aromatic nitrogens is 1. The van der Waals surface area contributed by atoms with Gasteiger partial charge in [-0.1, -0.05) is 0 Å². The summed E-state index contributed by atoms with van der Waals surface area (Å²) in [5.74, 6) is 1.29. The maximum Gasteiger partial charge on any atom is 0.134 e. The second-order valence-electron chi connectivity index (χ2n) is 3.84. The van der Waals surface area contributed by atoms with Gasteiger partial charge < -0.3 is 14.6 Å². The quantitative estimate of drug-likeness (QED) is 0.923. The van der Waals surface area contributed by atoms with Crippen molar-refractivity contribution in [2.45, 2.75) is 13.0 Å². The van der Waals surface area contributed by atoms with Crippen LogP contribution in [0.4, 0.5) is 0 Å². The minimum absolute atomic E-state index is 0.592. The number of hydrogen-bond acceptors (Lipinski definition) is 5. The van der Waals surface area contributed by atoms with Crippen LogP contribution in [0.3, 0.4) is 0 Å². The second-order valence-corrected chi connectivity index (χ2v) is 4.73. The normalized spacial score (nSPS) is 12.2. The maximum absolute atomic E-state index is 10.3. The third kappa shape index (κ3) is 2.47. The summed E-state index contributed by atoms with van der Waals surface area (Å²) >= 11 is 1.43. The Morgan fingerprint density at radius 3 is 2.61 bits per heavy atom. The lowest BCUT2D eigenvalue weighted by atomic mass is 10.1. The van der Waals surface area contributed by atoms with Gasteiger partial charge in [0.1, 0.15) is 22.6 Å². The molecule has 2 aromatic rings. The van der Waals surface area contributed by atoms with E-state index in [-0.39, 0.29) is 0 Å². The van der Waals surface area contributed by atoms with Crippen LogP contribution in [-0.2, 0) is 0 Å². The fourth-order valence-corrected chi connectivity index (χ4v) is 2.47. The molecule has 1 atom stereocenters. The van der Waals surface area contributed by atoms with Crippen molar-refractivity contribution in [2.24, 2.45) is 0 Å². The van der Waals surface area contributed by atoms with Gasteiger partial charge in [-0.2, -0.15) is 0 Å². The van der Waals surface area contributed by atoms with Gasteiger partial charge in [0.05, 0.1) is 14.2 Å². The van der Waals surface area contributed by atoms with E-state index in [2.05, 4.69) is 4.98 Å². The standard InChI is InChI=1S/C13H15NO3S/c1-8-7-18-13(14-8)12(15)10-5-4-9(16-2)6-11(10)17-3/h4-7,12,15H,1-3H3. The van der Waals surface area contributed by atoms with E-state index >= 15 is 0 Å². The molecule has 0 radical (unpaired) electrons. The molecule has 0 amide bonds. The van der Waals surface area contributed by atoms with Gasteiger partial charge in [-0.25, -0.2) is 4.98 Å². The highest BCUT2D eigenvalue weighted by Gasteiger charge is 2.18. The highest BCUT2D eigenvalue weighted by molar-refractivity contribution is 7.09. The molecule has 0 saturated carbocycles. The van der Waals surface area contributed by atoms with Gasteiger partial charge in [0.15, 0.2) is 0 Å². The molecule has 0 saturated heterocycles. The smallest absolute Gasteiger partial charge is 0.134 e. The fourth-order valence-electron chi connectivity index (χ4n) is 1.68. The molecule has 5 heteroatoms. The van der Waals surface area contributed by atoms with Crippen LogP contribution < -0.4 is 9.47 Å². The molecule has 0 bridgehead atoms. The van der Waals surface area contributed by atoms with Crippen molar-refractivity contribution in [3.8, 4) is 11.5 Å². The van der Waals surface area contributed by atoms with E-state index in [4.69, 9.17) is 9.47 Å². The van der Waals surface area contributed by atoms with Crippen molar-refractivity contribution in [2.75, 3.05) is 14.2 Å². The van der Waals surface area contributed by atoms with Gasteiger partial charge in [0.25, 0.3) is 0 Å². The van der Waals surface area contributed by atoms with Crippen molar-refractivity contribution < 1.29 is 14.6 Å². The summed E-state index contributed by atoms with van der Waals surface area (Å²) in [7, 11) is 3.16. The number of thiazole rings is 1. The minimum Gasteiger partial charge on any atom is -0.497 e. The number of ether oxygens (including phenoxy) is 2. The number of hydrogen-bond donors (Lipinski definition) is 1. The number of methoxy groups -OCH3 is 2. The first-order valence-corrected chi connectivity index (χ1v) is 6.35. The first kappa shape index (κ1) is 12.9. The SMILES string of the molecule is COc1ccc(C(O)c2nc(C)cs2)c(OC)c1. The van der Waals surface area contributed by atoms with E-state index in [9.17, 15) is 5.11 Å². The first-order valence-electron chi connectivity index (χ1n) is 5.47. The van der Waals surface area contributed by atoms with Crippen LogP contribution in [0.25, 0.3) is 0 Å². The van der Waals surface area contributed by atoms with E-state index < -0.39 is 6.10 Å². The Balaban J connectivity index is 2.38. The second kappa shape index (κ2) is 5.37. The van der Waals surface area contributed by atoms with Gasteiger partial charge in [0, 0.05) is 22.7 Å². The molecule has 1 aromatic heterocycles. The lowest BCUT2D eigenvalue weighted by Gasteiger charge is -2.13. The van der Waals surface area contributed by atoms with Crippen molar-refractivity contribution in [1.82, 2.24) is 4.98 Å². The number of benzene rings is 1. The third-order valence-electron chi connectivity index (χ3n) is 2.61. The first-order chi connectivity index (χ1) is 8.65. The van der Waals surface area contributed by atoms with Crippen LogP contribution in [-0.4, -0.2) is 24.3 Å². The fraction of sp³-hybridized carbons (Fsp3) is 0.308. The van der Waals surface area contributed by atoms with Crippen molar-refractivity contribution in [1.29, 1.82) is 0 Å². The topological polar surface area (TPSA) is 51.6 Å². The average molecular weight is 265 g/mol. The summed E-state index contributed by atoms with van der Waals surface area (Å²) in [6.45, 7) is 1.90. The summed E-state index contributed by atoms with van der Waals surface area (Å²) in [6.07, 6.45) is -0.774. The summed E-state index contributed by atoms with van der Waals surface area (Å²) in [5.41, 5.74) is 1.59. The number of aliphatic hydroxyl groups excluding tert-OH is 1. The predicted molar refractivity (Wildman–Crippen MR) is 70.5 cm³/mol. The van der Waals surface area contributed by atoms with Crippen LogP contribution in [0.1, 0.15) is 22.4 Å². The number of aryl methyl sites for hydroxylation is 1. The molecule has 1 unspecified atom stereocenters. The van der Waals surface area contributed by atoms with Gasteiger partial charge >= 0.3 is 0 Å². The molecule has 1 N–H and O–H groups in total. The third-order valence-corrected chi connectivity index (χ3v) is 3.62. The number of aliphatic hydroxyl groups is 1. The average Bonchev–Trinajstić information content (AvgIpc) is 2.83. The molecule has 1 heterocycles. The Morgan fingerprint density at radius 1 is 1.28 bits per heavy atom. The summed E-state index contributed by atoms with van der Waals surface area (Å²) in [6, 6.07) is 5.33. The largest absolute Gasteiger partial charge is 0.497 e. The molecule has 0 fully saturated rings. The molecule has 0 aliphatic rings. The summed E-state index contributed by atoms with van der Waals surface area (Å²) < 4.78 is 10.4. The van der Waals surface area contributed by atoms with Crippen LogP contribution in [0.2, 0.25) is 0 Å². The molecule has 4 nitrogen and oxygen atoms in total. The lowest BCUT2D eigenvalue weighted by Crippen LogP contribution is -2.02. The van der Waals surface area contributed by atoms with E-state index in [0.29, 0.717) is 22.1 Å². The Kier molecular flexibility index (Phi) is 3.84. The highest BCUT2D eigenvalue weighted by Crippen LogP contribution is 2.33. The lowest BCUT2D eigenvalue weighted by molar-refractivity contribution is 0.214. The molecule has 1 aromatic carbocycles. The number of nitrogens with zero attached hydrogens (tertiary/aromatic N) is 1. The van der Waals surface area contributed by atoms with E-state index in [1.807, 2.05) is 12.3 Å². The Morgan fingerprint density at radius 2 is 2.06 bits per heavy atom. The molecular formula is C13H15NO3S. The van der Waals surface area contributed by atoms with Gasteiger partial charge in [-0.15, -0.1) is 11.3 Å². The van der Waals surface area contributed by atoms with Gasteiger partial charge in [-0.05, 0) is 19.1 Å². The predicted octanol–water partition coefficient (Wildman–Crippen LogP) is 2.55. The molecule has 18 heavy (non-hydrogen) atoms. The highest BCUT2D eigenvalue weighted by atomic mass is 32.1. The Hall–Kier alpha value is -1.59. The van der Waals surface area contributed by atoms with E-state index in [1.165, 1.54) is 11.3 Å². The van der Waals surface area contributed by atoms with E-state index in [1.54, 1.807) is 32.4 Å². The minimum atomic E-state index is -0.774. The molecule has 0 aliphatic carbocycles. The summed E-state index contributed by atoms with van der Waals surface area (Å²) in [4.78, 5) is 4.29. The van der Waals surface area contributed by atoms with Crippen LogP contribution >= 0.6 is 11.3 Å². The zero-order chi connectivity index (χ0) is 13.1. The molecule has 0 spiro atoms.